The molecule has 4 heteroatoms. The lowest BCUT2D eigenvalue weighted by atomic mass is 10.3. The van der Waals surface area contributed by atoms with Gasteiger partial charge in [0.2, 0.25) is 0 Å². The van der Waals surface area contributed by atoms with Crippen LogP contribution in [0.3, 0.4) is 0 Å². The molecular formula is C10H11Cl2NS. The Hall–Kier alpha value is -0.310. The van der Waals surface area contributed by atoms with Gasteiger partial charge in [0.05, 0.1) is 6.54 Å². The summed E-state index contributed by atoms with van der Waals surface area (Å²) in [6, 6.07) is 8.16. The van der Waals surface area contributed by atoms with Gasteiger partial charge in [0, 0.05) is 21.2 Å². The van der Waals surface area contributed by atoms with E-state index < -0.39 is 0 Å². The molecule has 0 atom stereocenters. The summed E-state index contributed by atoms with van der Waals surface area (Å²) < 4.78 is 0. The summed E-state index contributed by atoms with van der Waals surface area (Å²) in [5.74, 6) is 0. The fraction of sp³-hybridized carbons (Fsp3) is 0.200. The Morgan fingerprint density at radius 1 is 1.43 bits per heavy atom. The number of nitrogens with one attached hydrogen (secondary N) is 1. The molecule has 0 amide bonds. The highest BCUT2D eigenvalue weighted by molar-refractivity contribution is 7.98. The maximum Gasteiger partial charge on any atom is 0.0516 e. The molecular weight excluding hydrogens is 237 g/mol. The Balaban J connectivity index is 2.52. The molecule has 0 radical (unpaired) electrons. The number of rotatable bonds is 4. The van der Waals surface area contributed by atoms with E-state index in [4.69, 9.17) is 23.2 Å². The van der Waals surface area contributed by atoms with E-state index in [0.717, 1.165) is 5.69 Å². The van der Waals surface area contributed by atoms with E-state index in [-0.39, 0.29) is 0 Å². The van der Waals surface area contributed by atoms with E-state index in [0.29, 0.717) is 11.6 Å². The molecule has 0 aliphatic carbocycles. The first-order valence-corrected chi connectivity index (χ1v) is 6.13. The highest BCUT2D eigenvalue weighted by Crippen LogP contribution is 2.17. The SMILES string of the molecule is CSc1ccc(NC/C(Cl)=C/Cl)cc1. The molecule has 0 bridgehead atoms. The Labute approximate surface area is 98.5 Å². The largest absolute Gasteiger partial charge is 0.380 e. The summed E-state index contributed by atoms with van der Waals surface area (Å²) >= 11 is 12.9. The van der Waals surface area contributed by atoms with Crippen molar-refractivity contribution in [2.75, 3.05) is 18.1 Å². The van der Waals surface area contributed by atoms with Gasteiger partial charge in [0.1, 0.15) is 0 Å². The molecule has 0 aliphatic heterocycles. The van der Waals surface area contributed by atoms with Gasteiger partial charge in [-0.2, -0.15) is 0 Å². The molecule has 0 saturated heterocycles. The van der Waals surface area contributed by atoms with Crippen molar-refractivity contribution in [3.63, 3.8) is 0 Å². The Morgan fingerprint density at radius 2 is 2.07 bits per heavy atom. The third-order valence-electron chi connectivity index (χ3n) is 1.67. The number of hydrogen-bond donors (Lipinski definition) is 1. The maximum atomic E-state index is 5.74. The first-order chi connectivity index (χ1) is 6.76. The zero-order chi connectivity index (χ0) is 10.4. The highest BCUT2D eigenvalue weighted by Gasteiger charge is 1.94. The van der Waals surface area contributed by atoms with Crippen molar-refractivity contribution in [2.45, 2.75) is 4.90 Å². The van der Waals surface area contributed by atoms with Gasteiger partial charge in [-0.05, 0) is 30.5 Å². The first kappa shape index (κ1) is 11.8. The summed E-state index contributed by atoms with van der Waals surface area (Å²) in [5, 5.41) is 3.75. The van der Waals surface area contributed by atoms with Crippen LogP contribution in [0.5, 0.6) is 0 Å². The third kappa shape index (κ3) is 3.82. The van der Waals surface area contributed by atoms with Crippen LogP contribution in [0.2, 0.25) is 0 Å². The summed E-state index contributed by atoms with van der Waals surface area (Å²) in [5.41, 5.74) is 2.41. The Kier molecular flexibility index (Phi) is 5.23. The van der Waals surface area contributed by atoms with E-state index >= 15 is 0 Å². The van der Waals surface area contributed by atoms with Gasteiger partial charge in [0.15, 0.2) is 0 Å². The molecule has 0 spiro atoms. The molecule has 0 aliphatic rings. The van der Waals surface area contributed by atoms with Crippen LogP contribution in [0.1, 0.15) is 0 Å². The molecule has 1 rings (SSSR count). The number of hydrogen-bond acceptors (Lipinski definition) is 2. The second kappa shape index (κ2) is 6.23. The van der Waals surface area contributed by atoms with Crippen molar-refractivity contribution in [1.29, 1.82) is 0 Å². The highest BCUT2D eigenvalue weighted by atomic mass is 35.5. The zero-order valence-corrected chi connectivity index (χ0v) is 10.1. The molecule has 0 heterocycles. The smallest absolute Gasteiger partial charge is 0.0516 e. The van der Waals surface area contributed by atoms with Gasteiger partial charge in [0.25, 0.3) is 0 Å². The quantitative estimate of drug-likeness (QED) is 0.803. The molecule has 0 unspecified atom stereocenters. The van der Waals surface area contributed by atoms with E-state index in [2.05, 4.69) is 23.7 Å². The topological polar surface area (TPSA) is 12.0 Å². The molecule has 0 fully saturated rings. The van der Waals surface area contributed by atoms with Gasteiger partial charge >= 0.3 is 0 Å². The van der Waals surface area contributed by atoms with Crippen LogP contribution < -0.4 is 5.32 Å². The molecule has 1 aromatic carbocycles. The van der Waals surface area contributed by atoms with E-state index in [1.807, 2.05) is 12.1 Å². The molecule has 0 saturated carbocycles. The van der Waals surface area contributed by atoms with Gasteiger partial charge < -0.3 is 5.32 Å². The van der Waals surface area contributed by atoms with Crippen molar-refractivity contribution in [2.24, 2.45) is 0 Å². The monoisotopic (exact) mass is 247 g/mol. The second-order valence-corrected chi connectivity index (χ2v) is 4.22. The molecule has 76 valence electrons. The molecule has 1 N–H and O–H groups in total. The van der Waals surface area contributed by atoms with Gasteiger partial charge in [-0.25, -0.2) is 0 Å². The van der Waals surface area contributed by atoms with Crippen molar-refractivity contribution in [1.82, 2.24) is 0 Å². The van der Waals surface area contributed by atoms with Crippen LogP contribution in [0, 0.1) is 0 Å². The predicted octanol–water partition coefficient (Wildman–Crippen LogP) is 4.14. The van der Waals surface area contributed by atoms with Crippen molar-refractivity contribution in [3.05, 3.63) is 34.8 Å². The van der Waals surface area contributed by atoms with E-state index in [1.165, 1.54) is 10.4 Å². The first-order valence-electron chi connectivity index (χ1n) is 4.09. The number of benzene rings is 1. The third-order valence-corrected chi connectivity index (χ3v) is 3.03. The minimum Gasteiger partial charge on any atom is -0.380 e. The molecule has 1 nitrogen and oxygen atoms in total. The van der Waals surface area contributed by atoms with Crippen LogP contribution in [0.4, 0.5) is 5.69 Å². The number of halogens is 2. The minimum atomic E-state index is 0.559. The van der Waals surface area contributed by atoms with E-state index in [9.17, 15) is 0 Å². The Bertz CT molecular complexity index is 308. The molecule has 0 aromatic heterocycles. The standard InChI is InChI=1S/C10H11Cl2NS/c1-14-10-4-2-9(3-5-10)13-7-8(12)6-11/h2-6,13H,7H2,1H3/b8-6-. The van der Waals surface area contributed by atoms with Crippen molar-refractivity contribution >= 4 is 40.7 Å². The van der Waals surface area contributed by atoms with Crippen LogP contribution in [-0.4, -0.2) is 12.8 Å². The van der Waals surface area contributed by atoms with Crippen molar-refractivity contribution in [3.8, 4) is 0 Å². The lowest BCUT2D eigenvalue weighted by molar-refractivity contribution is 1.30. The summed E-state index contributed by atoms with van der Waals surface area (Å²) in [6.07, 6.45) is 2.05. The normalized spacial score (nSPS) is 11.5. The lowest BCUT2D eigenvalue weighted by Gasteiger charge is -2.05. The van der Waals surface area contributed by atoms with E-state index in [1.54, 1.807) is 11.8 Å². The predicted molar refractivity (Wildman–Crippen MR) is 66.5 cm³/mol. The average molecular weight is 248 g/mol. The minimum absolute atomic E-state index is 0.559. The summed E-state index contributed by atoms with van der Waals surface area (Å²) in [7, 11) is 0. The van der Waals surface area contributed by atoms with Crippen LogP contribution in [0.25, 0.3) is 0 Å². The summed E-state index contributed by atoms with van der Waals surface area (Å²) in [4.78, 5) is 1.24. The lowest BCUT2D eigenvalue weighted by Crippen LogP contribution is -2.00. The molecule has 1 aromatic rings. The fourth-order valence-corrected chi connectivity index (χ4v) is 1.49. The zero-order valence-electron chi connectivity index (χ0n) is 7.76. The average Bonchev–Trinajstić information content (AvgIpc) is 2.26. The van der Waals surface area contributed by atoms with Gasteiger partial charge in [-0.3, -0.25) is 0 Å². The van der Waals surface area contributed by atoms with Gasteiger partial charge in [-0.1, -0.05) is 23.2 Å². The number of thioether (sulfide) groups is 1. The maximum absolute atomic E-state index is 5.74. The Morgan fingerprint density at radius 3 is 2.57 bits per heavy atom. The summed E-state index contributed by atoms with van der Waals surface area (Å²) in [6.45, 7) is 0.559. The fourth-order valence-electron chi connectivity index (χ4n) is 0.934. The number of anilines is 1. The second-order valence-electron chi connectivity index (χ2n) is 2.64. The van der Waals surface area contributed by atoms with Crippen LogP contribution in [0.15, 0.2) is 39.7 Å². The molecule has 14 heavy (non-hydrogen) atoms. The van der Waals surface area contributed by atoms with Crippen LogP contribution in [-0.2, 0) is 0 Å². The van der Waals surface area contributed by atoms with Gasteiger partial charge in [-0.15, -0.1) is 11.8 Å². The van der Waals surface area contributed by atoms with Crippen LogP contribution >= 0.6 is 35.0 Å². The van der Waals surface area contributed by atoms with Crippen molar-refractivity contribution < 1.29 is 0 Å².